The van der Waals surface area contributed by atoms with Crippen molar-refractivity contribution in [3.63, 3.8) is 0 Å². The molecule has 1 aliphatic rings. The Kier molecular flexibility index (Phi) is 5.96. The fourth-order valence-corrected chi connectivity index (χ4v) is 2.80. The summed E-state index contributed by atoms with van der Waals surface area (Å²) in [5.41, 5.74) is 0.889. The molecule has 128 valence electrons. The van der Waals surface area contributed by atoms with Crippen LogP contribution in [0, 0.1) is 12.7 Å². The molecule has 0 saturated carbocycles. The highest BCUT2D eigenvalue weighted by Gasteiger charge is 2.31. The van der Waals surface area contributed by atoms with Crippen LogP contribution in [0.3, 0.4) is 0 Å². The number of hydrogen-bond donors (Lipinski definition) is 0. The number of hydrogen-bond acceptors (Lipinski definition) is 4. The first-order valence-corrected chi connectivity index (χ1v) is 7.76. The average molecular weight is 324 g/mol. The zero-order chi connectivity index (χ0) is 17.0. The van der Waals surface area contributed by atoms with E-state index in [9.17, 15) is 9.18 Å². The molecule has 0 spiro atoms. The fourth-order valence-electron chi connectivity index (χ4n) is 2.80. The summed E-state index contributed by atoms with van der Waals surface area (Å²) in [7, 11) is 5.48. The Balaban J connectivity index is 1.84. The highest BCUT2D eigenvalue weighted by atomic mass is 19.1. The van der Waals surface area contributed by atoms with E-state index < -0.39 is 5.82 Å². The van der Waals surface area contributed by atoms with E-state index in [1.807, 2.05) is 14.0 Å². The van der Waals surface area contributed by atoms with Crippen molar-refractivity contribution < 1.29 is 18.7 Å². The maximum Gasteiger partial charge on any atom is 0.260 e. The number of amides is 1. The minimum Gasteiger partial charge on any atom is -0.481 e. The van der Waals surface area contributed by atoms with Gasteiger partial charge in [0.15, 0.2) is 18.2 Å². The molecule has 5 nitrogen and oxygen atoms in total. The molecular formula is C17H25FN2O3. The Morgan fingerprint density at radius 3 is 2.87 bits per heavy atom. The zero-order valence-electron chi connectivity index (χ0n) is 14.2. The number of methoxy groups -OCH3 is 1. The molecule has 1 amide bonds. The molecule has 0 bridgehead atoms. The minimum absolute atomic E-state index is 0.115. The molecule has 6 heteroatoms. The van der Waals surface area contributed by atoms with Crippen LogP contribution < -0.4 is 4.74 Å². The van der Waals surface area contributed by atoms with Crippen LogP contribution in [-0.4, -0.2) is 68.8 Å². The number of likely N-dealkylation sites (tertiary alicyclic amines) is 1. The van der Waals surface area contributed by atoms with Crippen molar-refractivity contribution >= 4 is 5.91 Å². The van der Waals surface area contributed by atoms with Crippen LogP contribution in [0.2, 0.25) is 0 Å². The van der Waals surface area contributed by atoms with E-state index in [1.165, 1.54) is 6.07 Å². The normalized spacial score (nSPS) is 21.4. The van der Waals surface area contributed by atoms with Crippen molar-refractivity contribution in [3.8, 4) is 5.75 Å². The van der Waals surface area contributed by atoms with Crippen molar-refractivity contribution in [1.29, 1.82) is 0 Å². The molecule has 1 saturated heterocycles. The smallest absolute Gasteiger partial charge is 0.260 e. The first-order valence-electron chi connectivity index (χ1n) is 7.76. The number of nitrogens with zero attached hydrogens (tertiary/aromatic N) is 2. The molecule has 1 aromatic carbocycles. The van der Waals surface area contributed by atoms with Gasteiger partial charge < -0.3 is 14.4 Å². The van der Waals surface area contributed by atoms with Gasteiger partial charge in [-0.05, 0) is 38.1 Å². The van der Waals surface area contributed by atoms with Crippen molar-refractivity contribution in [2.45, 2.75) is 25.5 Å². The molecule has 23 heavy (non-hydrogen) atoms. The Morgan fingerprint density at radius 2 is 2.22 bits per heavy atom. The van der Waals surface area contributed by atoms with Gasteiger partial charge in [-0.3, -0.25) is 9.69 Å². The quantitative estimate of drug-likeness (QED) is 0.799. The van der Waals surface area contributed by atoms with Crippen LogP contribution in [0.25, 0.3) is 0 Å². The summed E-state index contributed by atoms with van der Waals surface area (Å²) in [6.07, 6.45) is 1.11. The Hall–Kier alpha value is -1.66. The summed E-state index contributed by atoms with van der Waals surface area (Å²) in [4.78, 5) is 16.0. The van der Waals surface area contributed by atoms with Gasteiger partial charge in [-0.1, -0.05) is 6.07 Å². The summed E-state index contributed by atoms with van der Waals surface area (Å²) >= 11 is 0. The molecule has 0 N–H and O–H groups in total. The standard InChI is InChI=1S/C17H25FN2O3/c1-12-5-6-15(18)16(7-12)23-11-17(21)20(3)9-13-8-14(22-4)10-19(13)2/h5-7,13-14H,8-11H2,1-4H3/t13-,14-/m0/s1. The maximum absolute atomic E-state index is 13.6. The summed E-state index contributed by atoms with van der Waals surface area (Å²) in [6.45, 7) is 3.16. The molecule has 1 fully saturated rings. The van der Waals surface area contributed by atoms with Crippen LogP contribution in [0.1, 0.15) is 12.0 Å². The summed E-state index contributed by atoms with van der Waals surface area (Å²) in [6, 6.07) is 4.87. The molecule has 2 rings (SSSR count). The number of benzene rings is 1. The van der Waals surface area contributed by atoms with Gasteiger partial charge in [-0.2, -0.15) is 0 Å². The monoisotopic (exact) mass is 324 g/mol. The molecule has 1 heterocycles. The number of carbonyl (C=O) groups is 1. The van der Waals surface area contributed by atoms with Gasteiger partial charge in [0.25, 0.3) is 5.91 Å². The third-order valence-corrected chi connectivity index (χ3v) is 4.33. The molecule has 2 atom stereocenters. The van der Waals surface area contributed by atoms with Crippen LogP contribution in [0.4, 0.5) is 4.39 Å². The SMILES string of the molecule is CO[C@H]1C[C@@H](CN(C)C(=O)COc2cc(C)ccc2F)N(C)C1. The van der Waals surface area contributed by atoms with Gasteiger partial charge in [-0.25, -0.2) is 4.39 Å². The molecule has 0 aromatic heterocycles. The van der Waals surface area contributed by atoms with Gasteiger partial charge in [-0.15, -0.1) is 0 Å². The maximum atomic E-state index is 13.6. The number of carbonyl (C=O) groups excluding carboxylic acids is 1. The topological polar surface area (TPSA) is 42.0 Å². The number of aryl methyl sites for hydroxylation is 1. The number of likely N-dealkylation sites (N-methyl/N-ethyl adjacent to an activating group) is 2. The number of rotatable bonds is 6. The van der Waals surface area contributed by atoms with E-state index in [1.54, 1.807) is 31.2 Å². The lowest BCUT2D eigenvalue weighted by atomic mass is 10.2. The lowest BCUT2D eigenvalue weighted by Gasteiger charge is -2.25. The lowest BCUT2D eigenvalue weighted by molar-refractivity contribution is -0.132. The number of ether oxygens (including phenoxy) is 2. The second kappa shape index (κ2) is 7.75. The van der Waals surface area contributed by atoms with Gasteiger partial charge in [0, 0.05) is 33.3 Å². The third-order valence-electron chi connectivity index (χ3n) is 4.33. The highest BCUT2D eigenvalue weighted by molar-refractivity contribution is 5.77. The van der Waals surface area contributed by atoms with Crippen molar-refractivity contribution in [2.24, 2.45) is 0 Å². The van der Waals surface area contributed by atoms with E-state index in [4.69, 9.17) is 9.47 Å². The second-order valence-corrected chi connectivity index (χ2v) is 6.18. The predicted octanol–water partition coefficient (Wildman–Crippen LogP) is 1.69. The van der Waals surface area contributed by atoms with Crippen LogP contribution in [-0.2, 0) is 9.53 Å². The van der Waals surface area contributed by atoms with Crippen molar-refractivity contribution in [2.75, 3.05) is 40.9 Å². The van der Waals surface area contributed by atoms with Crippen LogP contribution >= 0.6 is 0 Å². The lowest BCUT2D eigenvalue weighted by Crippen LogP contribution is -2.41. The number of halogens is 1. The van der Waals surface area contributed by atoms with Crippen molar-refractivity contribution in [3.05, 3.63) is 29.6 Å². The highest BCUT2D eigenvalue weighted by Crippen LogP contribution is 2.20. The van der Waals surface area contributed by atoms with E-state index in [2.05, 4.69) is 4.90 Å². The van der Waals surface area contributed by atoms with E-state index in [0.29, 0.717) is 6.54 Å². The van der Waals surface area contributed by atoms with E-state index >= 15 is 0 Å². The molecule has 0 radical (unpaired) electrons. The summed E-state index contributed by atoms with van der Waals surface area (Å²) in [5.74, 6) is -0.506. The van der Waals surface area contributed by atoms with Crippen LogP contribution in [0.5, 0.6) is 5.75 Å². The molecule has 1 aliphatic heterocycles. The fraction of sp³-hybridized carbons (Fsp3) is 0.588. The minimum atomic E-state index is -0.454. The molecule has 0 unspecified atom stereocenters. The van der Waals surface area contributed by atoms with Gasteiger partial charge in [0.05, 0.1) is 6.10 Å². The van der Waals surface area contributed by atoms with Gasteiger partial charge in [0.2, 0.25) is 0 Å². The van der Waals surface area contributed by atoms with Crippen LogP contribution in [0.15, 0.2) is 18.2 Å². The average Bonchev–Trinajstić information content (AvgIpc) is 2.88. The first kappa shape index (κ1) is 17.7. The van der Waals surface area contributed by atoms with E-state index in [0.717, 1.165) is 18.5 Å². The third kappa shape index (κ3) is 4.65. The zero-order valence-corrected chi connectivity index (χ0v) is 14.2. The van der Waals surface area contributed by atoms with Gasteiger partial charge in [0.1, 0.15) is 0 Å². The predicted molar refractivity (Wildman–Crippen MR) is 86.1 cm³/mol. The Labute approximate surface area is 137 Å². The Bertz CT molecular complexity index is 553. The van der Waals surface area contributed by atoms with Crippen molar-refractivity contribution in [1.82, 2.24) is 9.80 Å². The Morgan fingerprint density at radius 1 is 1.48 bits per heavy atom. The summed E-state index contributed by atoms with van der Waals surface area (Å²) in [5, 5.41) is 0. The van der Waals surface area contributed by atoms with E-state index in [-0.39, 0.29) is 30.4 Å². The molecule has 1 aromatic rings. The van der Waals surface area contributed by atoms with Gasteiger partial charge >= 0.3 is 0 Å². The molecular weight excluding hydrogens is 299 g/mol. The molecule has 0 aliphatic carbocycles. The first-order chi connectivity index (χ1) is 10.9. The summed E-state index contributed by atoms with van der Waals surface area (Å²) < 4.78 is 24.3. The largest absolute Gasteiger partial charge is 0.481 e. The second-order valence-electron chi connectivity index (χ2n) is 6.18.